The number of aliphatic hydroxyl groups is 1. The number of rotatable bonds is 14. The molecular formula is C26H43ClN2O5. The Labute approximate surface area is 210 Å². The maximum atomic E-state index is 13.2. The molecule has 0 saturated carbocycles. The van der Waals surface area contributed by atoms with Crippen molar-refractivity contribution < 1.29 is 24.2 Å². The minimum absolute atomic E-state index is 0.117. The summed E-state index contributed by atoms with van der Waals surface area (Å²) in [6, 6.07) is -0.432. The van der Waals surface area contributed by atoms with Gasteiger partial charge in [-0.15, -0.1) is 0 Å². The highest BCUT2D eigenvalue weighted by Crippen LogP contribution is 2.30. The van der Waals surface area contributed by atoms with Crippen LogP contribution in [0.4, 0.5) is 0 Å². The van der Waals surface area contributed by atoms with Gasteiger partial charge >= 0.3 is 0 Å². The highest BCUT2D eigenvalue weighted by atomic mass is 35.5. The lowest BCUT2D eigenvalue weighted by atomic mass is 9.87. The van der Waals surface area contributed by atoms with Crippen LogP contribution in [0.3, 0.4) is 0 Å². The lowest BCUT2D eigenvalue weighted by Crippen LogP contribution is -2.47. The summed E-state index contributed by atoms with van der Waals surface area (Å²) in [6.07, 6.45) is 4.52. The molecule has 1 N–H and O–H groups in total. The number of ether oxygens (including phenoxy) is 1. The van der Waals surface area contributed by atoms with Gasteiger partial charge in [0.2, 0.25) is 11.8 Å². The van der Waals surface area contributed by atoms with E-state index in [1.165, 1.54) is 18.1 Å². The largest absolute Gasteiger partial charge is 0.499 e. The first kappa shape index (κ1) is 30.2. The Morgan fingerprint density at radius 3 is 2.44 bits per heavy atom. The molecule has 0 fully saturated rings. The molecule has 0 unspecified atom stereocenters. The summed E-state index contributed by atoms with van der Waals surface area (Å²) in [5.41, 5.74) is 2.63. The van der Waals surface area contributed by atoms with E-state index in [4.69, 9.17) is 16.3 Å². The monoisotopic (exact) mass is 498 g/mol. The van der Waals surface area contributed by atoms with E-state index in [-0.39, 0.29) is 23.7 Å². The number of imide groups is 1. The number of methoxy groups -OCH3 is 1. The number of halogens is 1. The molecule has 1 aliphatic heterocycles. The van der Waals surface area contributed by atoms with E-state index < -0.39 is 24.0 Å². The molecule has 34 heavy (non-hydrogen) atoms. The van der Waals surface area contributed by atoms with E-state index in [9.17, 15) is 19.5 Å². The number of hydrogen-bond donors (Lipinski definition) is 1. The molecule has 1 aliphatic rings. The number of nitrogens with zero attached hydrogens (tertiary/aromatic N) is 2. The molecule has 0 spiro atoms. The van der Waals surface area contributed by atoms with E-state index >= 15 is 0 Å². The summed E-state index contributed by atoms with van der Waals surface area (Å²) in [4.78, 5) is 40.4. The van der Waals surface area contributed by atoms with E-state index in [1.54, 1.807) is 24.4 Å². The quantitative estimate of drug-likeness (QED) is 0.381. The van der Waals surface area contributed by atoms with Gasteiger partial charge in [0.25, 0.3) is 5.91 Å². The third kappa shape index (κ3) is 8.42. The molecule has 0 aromatic carbocycles. The van der Waals surface area contributed by atoms with Gasteiger partial charge in [-0.1, -0.05) is 51.8 Å². The zero-order valence-electron chi connectivity index (χ0n) is 21.8. The summed E-state index contributed by atoms with van der Waals surface area (Å²) in [5, 5.41) is 10.9. The Bertz CT molecular complexity index is 764. The van der Waals surface area contributed by atoms with Crippen LogP contribution >= 0.6 is 11.6 Å². The second kappa shape index (κ2) is 14.5. The normalized spacial score (nSPS) is 19.2. The van der Waals surface area contributed by atoms with Crippen LogP contribution in [-0.4, -0.2) is 65.5 Å². The van der Waals surface area contributed by atoms with Gasteiger partial charge in [-0.05, 0) is 43.9 Å². The van der Waals surface area contributed by atoms with Crippen molar-refractivity contribution in [3.8, 4) is 0 Å². The number of allylic oxidation sites excluding steroid dienone is 1. The molecule has 4 atom stereocenters. The molecule has 3 amide bonds. The molecular weight excluding hydrogens is 456 g/mol. The van der Waals surface area contributed by atoms with Gasteiger partial charge in [-0.25, -0.2) is 0 Å². The average molecular weight is 499 g/mol. The van der Waals surface area contributed by atoms with Crippen LogP contribution in [0.2, 0.25) is 0 Å². The van der Waals surface area contributed by atoms with E-state index in [2.05, 4.69) is 0 Å². The van der Waals surface area contributed by atoms with Crippen molar-refractivity contribution in [3.05, 3.63) is 22.9 Å². The van der Waals surface area contributed by atoms with Gasteiger partial charge in [-0.3, -0.25) is 19.3 Å². The lowest BCUT2D eigenvalue weighted by molar-refractivity contribution is -0.149. The van der Waals surface area contributed by atoms with Gasteiger partial charge in [0.1, 0.15) is 5.76 Å². The maximum absolute atomic E-state index is 13.2. The fourth-order valence-corrected chi connectivity index (χ4v) is 4.53. The van der Waals surface area contributed by atoms with E-state index in [0.717, 1.165) is 18.4 Å². The highest BCUT2D eigenvalue weighted by molar-refractivity contribution is 6.25. The van der Waals surface area contributed by atoms with Crippen molar-refractivity contribution in [1.29, 1.82) is 0 Å². The van der Waals surface area contributed by atoms with Crippen LogP contribution < -0.4 is 0 Å². The van der Waals surface area contributed by atoms with Crippen LogP contribution in [0.25, 0.3) is 0 Å². The summed E-state index contributed by atoms with van der Waals surface area (Å²) in [6.45, 7) is 10.2. The fourth-order valence-electron chi connectivity index (χ4n) is 4.31. The van der Waals surface area contributed by atoms with Gasteiger partial charge in [0.05, 0.1) is 25.2 Å². The number of carbonyl (C=O) groups excluding carboxylic acids is 3. The predicted octanol–water partition coefficient (Wildman–Crippen LogP) is 4.48. The summed E-state index contributed by atoms with van der Waals surface area (Å²) >= 11 is 6.01. The Balaban J connectivity index is 2.67. The predicted molar refractivity (Wildman–Crippen MR) is 135 cm³/mol. The Morgan fingerprint density at radius 1 is 1.26 bits per heavy atom. The Kier molecular flexibility index (Phi) is 12.9. The van der Waals surface area contributed by atoms with Crippen LogP contribution in [-0.2, 0) is 19.1 Å². The van der Waals surface area contributed by atoms with E-state index in [1.807, 2.05) is 27.7 Å². The average Bonchev–Trinajstić information content (AvgIpc) is 3.12. The van der Waals surface area contributed by atoms with Gasteiger partial charge in [0.15, 0.2) is 0 Å². The van der Waals surface area contributed by atoms with Gasteiger partial charge in [0, 0.05) is 31.6 Å². The maximum Gasteiger partial charge on any atom is 0.257 e. The van der Waals surface area contributed by atoms with Crippen LogP contribution in [0.5, 0.6) is 0 Å². The molecule has 194 valence electrons. The molecule has 0 aromatic rings. The molecule has 0 aromatic heterocycles. The molecule has 1 heterocycles. The SMILES string of the molecule is CCC(=O)N(C)CCC/C(=C\Cl)CC[C@@H](C)[C@@H](O)[C@H](C)C(=O)N1C(=O)C=C(OC)[C@@H]1CC(C)C. The first-order chi connectivity index (χ1) is 16.0. The van der Waals surface area contributed by atoms with Crippen molar-refractivity contribution in [3.63, 3.8) is 0 Å². The highest BCUT2D eigenvalue weighted by Gasteiger charge is 2.42. The molecule has 0 bridgehead atoms. The smallest absolute Gasteiger partial charge is 0.257 e. The van der Waals surface area contributed by atoms with Gasteiger partial charge in [-0.2, -0.15) is 0 Å². The summed E-state index contributed by atoms with van der Waals surface area (Å²) in [5.74, 6) is -0.782. The lowest BCUT2D eigenvalue weighted by Gasteiger charge is -2.31. The number of aliphatic hydroxyl groups excluding tert-OH is 1. The molecule has 7 nitrogen and oxygen atoms in total. The molecule has 8 heteroatoms. The second-order valence-electron chi connectivity index (χ2n) is 9.78. The molecule has 0 aliphatic carbocycles. The first-order valence-corrected chi connectivity index (χ1v) is 12.7. The van der Waals surface area contributed by atoms with Crippen LogP contribution in [0.15, 0.2) is 22.9 Å². The minimum atomic E-state index is -0.892. The summed E-state index contributed by atoms with van der Waals surface area (Å²) in [7, 11) is 3.30. The molecule has 0 saturated heterocycles. The standard InChI is InChI=1S/C26H43ClN2O5/c1-8-23(30)28(6)13-9-10-20(16-27)12-11-18(4)25(32)19(5)26(33)29-21(14-17(2)3)22(34-7)15-24(29)31/h15-19,21,25,32H,8-14H2,1-7H3/b20-16+/t18-,19+,21+,25-/m1/s1. The third-order valence-corrected chi connectivity index (χ3v) is 6.90. The third-order valence-electron chi connectivity index (χ3n) is 6.59. The van der Waals surface area contributed by atoms with Crippen LogP contribution in [0.1, 0.15) is 73.1 Å². The number of carbonyl (C=O) groups is 3. The van der Waals surface area contributed by atoms with Crippen LogP contribution in [0, 0.1) is 17.8 Å². The topological polar surface area (TPSA) is 87.2 Å². The van der Waals surface area contributed by atoms with Crippen molar-refractivity contribution in [2.24, 2.45) is 17.8 Å². The number of amides is 3. The minimum Gasteiger partial charge on any atom is -0.499 e. The zero-order valence-corrected chi connectivity index (χ0v) is 22.6. The number of hydrogen-bond acceptors (Lipinski definition) is 5. The fraction of sp³-hybridized carbons (Fsp3) is 0.731. The van der Waals surface area contributed by atoms with Crippen molar-refractivity contribution >= 4 is 29.3 Å². The van der Waals surface area contributed by atoms with Crippen molar-refractivity contribution in [2.75, 3.05) is 20.7 Å². The Morgan fingerprint density at radius 2 is 1.91 bits per heavy atom. The Hall–Kier alpha value is -1.86. The van der Waals surface area contributed by atoms with E-state index in [0.29, 0.717) is 38.0 Å². The zero-order chi connectivity index (χ0) is 26.0. The molecule has 0 radical (unpaired) electrons. The van der Waals surface area contributed by atoms with Crippen molar-refractivity contribution in [2.45, 2.75) is 85.3 Å². The summed E-state index contributed by atoms with van der Waals surface area (Å²) < 4.78 is 5.35. The van der Waals surface area contributed by atoms with Crippen molar-refractivity contribution in [1.82, 2.24) is 9.80 Å². The molecule has 1 rings (SSSR count). The first-order valence-electron chi connectivity index (χ1n) is 12.3. The second-order valence-corrected chi connectivity index (χ2v) is 10.00. The van der Waals surface area contributed by atoms with Gasteiger partial charge < -0.3 is 14.7 Å².